The third-order valence-electron chi connectivity index (χ3n) is 3.32. The third-order valence-corrected chi connectivity index (χ3v) is 4.45. The predicted octanol–water partition coefficient (Wildman–Crippen LogP) is 4.25. The van der Waals surface area contributed by atoms with Crippen molar-refractivity contribution in [1.29, 1.82) is 0 Å². The maximum Gasteiger partial charge on any atom is 0.119 e. The van der Waals surface area contributed by atoms with Gasteiger partial charge >= 0.3 is 0 Å². The first-order valence-corrected chi connectivity index (χ1v) is 8.25. The standard InChI is InChI=1S/C17H24N2OS/c1-6-20-15-9-7-14(8-10-15)16(18-11(2)3)17-19-12(4)13(5)21-17/h7-11,16,18H,6H2,1-5H3. The Bertz CT molecular complexity index is 555. The fourth-order valence-electron chi connectivity index (χ4n) is 2.19. The van der Waals surface area contributed by atoms with E-state index in [-0.39, 0.29) is 6.04 Å². The fourth-order valence-corrected chi connectivity index (χ4v) is 3.20. The molecule has 0 aliphatic heterocycles. The Kier molecular flexibility index (Phi) is 5.37. The van der Waals surface area contributed by atoms with Crippen LogP contribution in [0.4, 0.5) is 0 Å². The molecule has 1 unspecified atom stereocenters. The molecule has 0 spiro atoms. The Morgan fingerprint density at radius 2 is 1.86 bits per heavy atom. The summed E-state index contributed by atoms with van der Waals surface area (Å²) >= 11 is 1.77. The Morgan fingerprint density at radius 1 is 1.19 bits per heavy atom. The van der Waals surface area contributed by atoms with Crippen molar-refractivity contribution in [1.82, 2.24) is 10.3 Å². The van der Waals surface area contributed by atoms with Crippen molar-refractivity contribution in [2.24, 2.45) is 0 Å². The zero-order chi connectivity index (χ0) is 15.4. The van der Waals surface area contributed by atoms with Gasteiger partial charge in [0.25, 0.3) is 0 Å². The lowest BCUT2D eigenvalue weighted by atomic mass is 10.1. The van der Waals surface area contributed by atoms with Gasteiger partial charge in [0.05, 0.1) is 18.3 Å². The highest BCUT2D eigenvalue weighted by atomic mass is 32.1. The van der Waals surface area contributed by atoms with Crippen LogP contribution in [0.3, 0.4) is 0 Å². The maximum absolute atomic E-state index is 5.52. The van der Waals surface area contributed by atoms with Gasteiger partial charge in [0, 0.05) is 10.9 Å². The zero-order valence-corrected chi connectivity index (χ0v) is 14.3. The van der Waals surface area contributed by atoms with Gasteiger partial charge in [0.15, 0.2) is 0 Å². The number of aryl methyl sites for hydroxylation is 2. The molecule has 2 aromatic rings. The molecule has 4 heteroatoms. The van der Waals surface area contributed by atoms with E-state index in [1.165, 1.54) is 10.4 Å². The Labute approximate surface area is 131 Å². The van der Waals surface area contributed by atoms with E-state index in [0.29, 0.717) is 12.6 Å². The molecular formula is C17H24N2OS. The molecule has 21 heavy (non-hydrogen) atoms. The van der Waals surface area contributed by atoms with E-state index in [0.717, 1.165) is 16.5 Å². The van der Waals surface area contributed by atoms with Crippen molar-refractivity contribution in [3.63, 3.8) is 0 Å². The van der Waals surface area contributed by atoms with Crippen LogP contribution in [-0.4, -0.2) is 17.6 Å². The van der Waals surface area contributed by atoms with Crippen LogP contribution in [0.15, 0.2) is 24.3 Å². The lowest BCUT2D eigenvalue weighted by molar-refractivity contribution is 0.340. The van der Waals surface area contributed by atoms with Crippen LogP contribution in [0, 0.1) is 13.8 Å². The Hall–Kier alpha value is -1.39. The quantitative estimate of drug-likeness (QED) is 0.866. The summed E-state index contributed by atoms with van der Waals surface area (Å²) in [5.74, 6) is 0.913. The van der Waals surface area contributed by atoms with E-state index in [1.54, 1.807) is 11.3 Å². The average molecular weight is 304 g/mol. The van der Waals surface area contributed by atoms with Crippen molar-refractivity contribution in [2.75, 3.05) is 6.61 Å². The molecule has 0 aliphatic carbocycles. The number of aromatic nitrogens is 1. The summed E-state index contributed by atoms with van der Waals surface area (Å²) in [6.07, 6.45) is 0. The van der Waals surface area contributed by atoms with Crippen molar-refractivity contribution in [3.05, 3.63) is 45.4 Å². The lowest BCUT2D eigenvalue weighted by Crippen LogP contribution is -2.28. The number of nitrogens with zero attached hydrogens (tertiary/aromatic N) is 1. The second-order valence-corrected chi connectivity index (χ2v) is 6.68. The molecule has 0 radical (unpaired) electrons. The van der Waals surface area contributed by atoms with Gasteiger partial charge in [-0.1, -0.05) is 12.1 Å². The van der Waals surface area contributed by atoms with Crippen LogP contribution < -0.4 is 10.1 Å². The summed E-state index contributed by atoms with van der Waals surface area (Å²) in [6.45, 7) is 11.2. The van der Waals surface area contributed by atoms with Gasteiger partial charge in [-0.25, -0.2) is 4.98 Å². The summed E-state index contributed by atoms with van der Waals surface area (Å²) in [7, 11) is 0. The number of thiazole rings is 1. The lowest BCUT2D eigenvalue weighted by Gasteiger charge is -2.20. The number of benzene rings is 1. The second kappa shape index (κ2) is 7.05. The monoisotopic (exact) mass is 304 g/mol. The van der Waals surface area contributed by atoms with E-state index in [2.05, 4.69) is 45.1 Å². The molecule has 0 saturated heterocycles. The number of rotatable bonds is 6. The smallest absolute Gasteiger partial charge is 0.119 e. The molecule has 0 saturated carbocycles. The Balaban J connectivity index is 2.31. The number of nitrogens with one attached hydrogen (secondary N) is 1. The highest BCUT2D eigenvalue weighted by Gasteiger charge is 2.19. The fraction of sp³-hybridized carbons (Fsp3) is 0.471. The normalized spacial score (nSPS) is 12.7. The molecule has 1 aromatic carbocycles. The second-order valence-electron chi connectivity index (χ2n) is 5.45. The predicted molar refractivity (Wildman–Crippen MR) is 89.3 cm³/mol. The summed E-state index contributed by atoms with van der Waals surface area (Å²) in [6, 6.07) is 8.83. The summed E-state index contributed by atoms with van der Waals surface area (Å²) in [5.41, 5.74) is 2.34. The van der Waals surface area contributed by atoms with E-state index < -0.39 is 0 Å². The van der Waals surface area contributed by atoms with Crippen LogP contribution >= 0.6 is 11.3 Å². The first-order valence-electron chi connectivity index (χ1n) is 7.44. The van der Waals surface area contributed by atoms with E-state index >= 15 is 0 Å². The van der Waals surface area contributed by atoms with Gasteiger partial charge in [-0.3, -0.25) is 0 Å². The third kappa shape index (κ3) is 4.05. The van der Waals surface area contributed by atoms with Gasteiger partial charge in [0.1, 0.15) is 10.8 Å². The molecule has 1 N–H and O–H groups in total. The van der Waals surface area contributed by atoms with E-state index in [9.17, 15) is 0 Å². The molecule has 114 valence electrons. The molecule has 0 fully saturated rings. The average Bonchev–Trinajstić information content (AvgIpc) is 2.77. The molecular weight excluding hydrogens is 280 g/mol. The SMILES string of the molecule is CCOc1ccc(C(NC(C)C)c2nc(C)c(C)s2)cc1. The van der Waals surface area contributed by atoms with Crippen molar-refractivity contribution in [2.45, 2.75) is 46.7 Å². The minimum absolute atomic E-state index is 0.137. The molecule has 0 amide bonds. The highest BCUT2D eigenvalue weighted by molar-refractivity contribution is 7.11. The van der Waals surface area contributed by atoms with Crippen LogP contribution in [0.5, 0.6) is 5.75 Å². The minimum Gasteiger partial charge on any atom is -0.494 e. The molecule has 1 aromatic heterocycles. The molecule has 0 bridgehead atoms. The summed E-state index contributed by atoms with van der Waals surface area (Å²) < 4.78 is 5.52. The van der Waals surface area contributed by atoms with Gasteiger partial charge in [-0.05, 0) is 52.3 Å². The first-order chi connectivity index (χ1) is 10.0. The maximum atomic E-state index is 5.52. The van der Waals surface area contributed by atoms with Crippen LogP contribution in [0.25, 0.3) is 0 Å². The van der Waals surface area contributed by atoms with Crippen molar-refractivity contribution < 1.29 is 4.74 Å². The molecule has 0 aliphatic rings. The number of hydrogen-bond acceptors (Lipinski definition) is 4. The highest BCUT2D eigenvalue weighted by Crippen LogP contribution is 2.29. The first kappa shape index (κ1) is 16.0. The van der Waals surface area contributed by atoms with Crippen molar-refractivity contribution in [3.8, 4) is 5.75 Å². The molecule has 3 nitrogen and oxygen atoms in total. The van der Waals surface area contributed by atoms with E-state index in [1.807, 2.05) is 19.1 Å². The van der Waals surface area contributed by atoms with Gasteiger partial charge in [0.2, 0.25) is 0 Å². The number of ether oxygens (including phenoxy) is 1. The number of hydrogen-bond donors (Lipinski definition) is 1. The summed E-state index contributed by atoms with van der Waals surface area (Å²) in [4.78, 5) is 6.01. The van der Waals surface area contributed by atoms with Crippen LogP contribution in [0.1, 0.15) is 48.0 Å². The largest absolute Gasteiger partial charge is 0.494 e. The van der Waals surface area contributed by atoms with Crippen LogP contribution in [-0.2, 0) is 0 Å². The van der Waals surface area contributed by atoms with E-state index in [4.69, 9.17) is 9.72 Å². The zero-order valence-electron chi connectivity index (χ0n) is 13.4. The summed E-state index contributed by atoms with van der Waals surface area (Å²) in [5, 5.41) is 4.74. The van der Waals surface area contributed by atoms with Crippen molar-refractivity contribution >= 4 is 11.3 Å². The minimum atomic E-state index is 0.137. The Morgan fingerprint density at radius 3 is 2.33 bits per heavy atom. The molecule has 2 rings (SSSR count). The molecule has 1 atom stereocenters. The van der Waals surface area contributed by atoms with Crippen LogP contribution in [0.2, 0.25) is 0 Å². The topological polar surface area (TPSA) is 34.1 Å². The van der Waals surface area contributed by atoms with Gasteiger partial charge < -0.3 is 10.1 Å². The van der Waals surface area contributed by atoms with Gasteiger partial charge in [-0.2, -0.15) is 0 Å². The van der Waals surface area contributed by atoms with Gasteiger partial charge in [-0.15, -0.1) is 11.3 Å². The molecule has 1 heterocycles.